The highest BCUT2D eigenvalue weighted by Gasteiger charge is 2.24. The summed E-state index contributed by atoms with van der Waals surface area (Å²) in [6, 6.07) is 12.2. The van der Waals surface area contributed by atoms with E-state index in [0.29, 0.717) is 0 Å². The van der Waals surface area contributed by atoms with Crippen molar-refractivity contribution >= 4 is 22.9 Å². The zero-order valence-corrected chi connectivity index (χ0v) is 16.9. The van der Waals surface area contributed by atoms with Crippen molar-refractivity contribution in [2.45, 2.75) is 13.5 Å². The third kappa shape index (κ3) is 4.35. The molecule has 0 unspecified atom stereocenters. The van der Waals surface area contributed by atoms with Crippen molar-refractivity contribution in [2.75, 3.05) is 14.2 Å². The Morgan fingerprint density at radius 1 is 1.17 bits per heavy atom. The van der Waals surface area contributed by atoms with Gasteiger partial charge in [-0.2, -0.15) is 0 Å². The van der Waals surface area contributed by atoms with Crippen LogP contribution in [0.3, 0.4) is 0 Å². The van der Waals surface area contributed by atoms with Gasteiger partial charge in [0.25, 0.3) is 11.6 Å². The van der Waals surface area contributed by atoms with Crippen LogP contribution in [0.2, 0.25) is 0 Å². The summed E-state index contributed by atoms with van der Waals surface area (Å²) < 4.78 is 10.2. The third-order valence-corrected chi connectivity index (χ3v) is 5.47. The van der Waals surface area contributed by atoms with Crippen molar-refractivity contribution in [1.82, 2.24) is 10.3 Å². The van der Waals surface area contributed by atoms with E-state index >= 15 is 0 Å². The van der Waals surface area contributed by atoms with Gasteiger partial charge in [0, 0.05) is 16.5 Å². The average Bonchev–Trinajstić information content (AvgIpc) is 3.12. The molecule has 3 aromatic rings. The number of aromatic nitrogens is 1. The van der Waals surface area contributed by atoms with E-state index in [1.165, 1.54) is 37.7 Å². The normalized spacial score (nSPS) is 10.4. The van der Waals surface area contributed by atoms with Crippen molar-refractivity contribution in [3.8, 4) is 22.1 Å². The summed E-state index contributed by atoms with van der Waals surface area (Å²) in [5.41, 5.74) is 1.34. The summed E-state index contributed by atoms with van der Waals surface area (Å²) in [5.74, 6) is -0.156. The van der Waals surface area contributed by atoms with Gasteiger partial charge in [-0.05, 0) is 6.92 Å². The number of amides is 1. The van der Waals surface area contributed by atoms with E-state index < -0.39 is 10.8 Å². The minimum Gasteiger partial charge on any atom is -0.493 e. The lowest BCUT2D eigenvalue weighted by molar-refractivity contribution is -0.385. The number of methoxy groups -OCH3 is 2. The lowest BCUT2D eigenvalue weighted by Crippen LogP contribution is -2.23. The minimum atomic E-state index is -0.623. The zero-order chi connectivity index (χ0) is 21.0. The molecular weight excluding hydrogens is 394 g/mol. The summed E-state index contributed by atoms with van der Waals surface area (Å²) in [4.78, 5) is 28.9. The van der Waals surface area contributed by atoms with Crippen LogP contribution in [-0.2, 0) is 6.54 Å². The summed E-state index contributed by atoms with van der Waals surface area (Å²) in [5, 5.41) is 15.0. The molecule has 2 aromatic carbocycles. The molecule has 0 bridgehead atoms. The molecule has 0 radical (unpaired) electrons. The molecule has 0 saturated heterocycles. The number of nitro groups is 1. The van der Waals surface area contributed by atoms with Crippen LogP contribution < -0.4 is 14.8 Å². The van der Waals surface area contributed by atoms with Crippen LogP contribution in [-0.4, -0.2) is 30.0 Å². The van der Waals surface area contributed by atoms with Gasteiger partial charge in [0.2, 0.25) is 0 Å². The van der Waals surface area contributed by atoms with Gasteiger partial charge in [0.05, 0.1) is 37.4 Å². The predicted molar refractivity (Wildman–Crippen MR) is 110 cm³/mol. The highest BCUT2D eigenvalue weighted by molar-refractivity contribution is 7.15. The molecule has 0 aliphatic carbocycles. The number of rotatable bonds is 7. The molecule has 8 nitrogen and oxygen atoms in total. The van der Waals surface area contributed by atoms with Gasteiger partial charge in [-0.1, -0.05) is 30.3 Å². The summed E-state index contributed by atoms with van der Waals surface area (Å²) in [7, 11) is 2.77. The molecule has 1 N–H and O–H groups in total. The number of benzene rings is 2. The number of carbonyl (C=O) groups is 1. The van der Waals surface area contributed by atoms with Crippen LogP contribution in [0.5, 0.6) is 11.5 Å². The Balaban J connectivity index is 1.83. The lowest BCUT2D eigenvalue weighted by atomic mass is 10.1. The number of aryl methyl sites for hydroxylation is 1. The van der Waals surface area contributed by atoms with E-state index in [0.717, 1.165) is 21.1 Å². The van der Waals surface area contributed by atoms with Gasteiger partial charge >= 0.3 is 0 Å². The van der Waals surface area contributed by atoms with E-state index in [4.69, 9.17) is 9.47 Å². The largest absolute Gasteiger partial charge is 0.493 e. The van der Waals surface area contributed by atoms with Gasteiger partial charge in [-0.25, -0.2) is 4.98 Å². The molecule has 0 aliphatic heterocycles. The number of thiazole rings is 1. The standard InChI is InChI=1S/C20H19N3O5S/c1-12-18(29-20(22-12)13-7-5-4-6-8-13)11-21-19(24)14-9-16(27-2)17(28-3)10-15(14)23(25)26/h4-10H,11H2,1-3H3,(H,21,24). The Bertz CT molecular complexity index is 1050. The first-order valence-corrected chi connectivity index (χ1v) is 9.46. The molecule has 0 aliphatic rings. The van der Waals surface area contributed by atoms with Crippen LogP contribution >= 0.6 is 11.3 Å². The van der Waals surface area contributed by atoms with Crippen LogP contribution in [0.1, 0.15) is 20.9 Å². The molecule has 0 atom stereocenters. The number of hydrogen-bond acceptors (Lipinski definition) is 7. The predicted octanol–water partition coefficient (Wildman–Crippen LogP) is 3.97. The summed E-state index contributed by atoms with van der Waals surface area (Å²) in [6.45, 7) is 2.07. The highest BCUT2D eigenvalue weighted by Crippen LogP contribution is 2.34. The molecule has 0 fully saturated rings. The quantitative estimate of drug-likeness (QED) is 0.464. The maximum Gasteiger partial charge on any atom is 0.286 e. The van der Waals surface area contributed by atoms with Crippen molar-refractivity contribution in [2.24, 2.45) is 0 Å². The van der Waals surface area contributed by atoms with E-state index in [1.54, 1.807) is 0 Å². The maximum absolute atomic E-state index is 12.7. The van der Waals surface area contributed by atoms with Gasteiger partial charge in [0.1, 0.15) is 10.6 Å². The molecule has 1 aromatic heterocycles. The Labute approximate surface area is 171 Å². The van der Waals surface area contributed by atoms with Gasteiger partial charge < -0.3 is 14.8 Å². The van der Waals surface area contributed by atoms with E-state index in [1.807, 2.05) is 37.3 Å². The van der Waals surface area contributed by atoms with Crippen LogP contribution in [0.25, 0.3) is 10.6 Å². The van der Waals surface area contributed by atoms with Gasteiger partial charge in [-0.15, -0.1) is 11.3 Å². The zero-order valence-electron chi connectivity index (χ0n) is 16.1. The molecule has 0 spiro atoms. The summed E-state index contributed by atoms with van der Waals surface area (Å²) >= 11 is 1.47. The molecule has 29 heavy (non-hydrogen) atoms. The number of ether oxygens (including phenoxy) is 2. The fourth-order valence-electron chi connectivity index (χ4n) is 2.75. The lowest BCUT2D eigenvalue weighted by Gasteiger charge is -2.10. The molecule has 9 heteroatoms. The molecule has 3 rings (SSSR count). The van der Waals surface area contributed by atoms with Crippen LogP contribution in [0.15, 0.2) is 42.5 Å². The van der Waals surface area contributed by atoms with Crippen molar-refractivity contribution in [3.05, 3.63) is 68.7 Å². The van der Waals surface area contributed by atoms with Gasteiger partial charge in [-0.3, -0.25) is 14.9 Å². The van der Waals surface area contributed by atoms with Crippen molar-refractivity contribution in [1.29, 1.82) is 0 Å². The topological polar surface area (TPSA) is 104 Å². The molecule has 150 valence electrons. The first-order valence-electron chi connectivity index (χ1n) is 8.65. The van der Waals surface area contributed by atoms with Crippen LogP contribution in [0, 0.1) is 17.0 Å². The van der Waals surface area contributed by atoms with Crippen molar-refractivity contribution in [3.63, 3.8) is 0 Å². The number of nitrogens with zero attached hydrogens (tertiary/aromatic N) is 2. The first kappa shape index (κ1) is 20.3. The van der Waals surface area contributed by atoms with Gasteiger partial charge in [0.15, 0.2) is 11.5 Å². The number of hydrogen-bond donors (Lipinski definition) is 1. The number of nitrogens with one attached hydrogen (secondary N) is 1. The minimum absolute atomic E-state index is 0.0990. The highest BCUT2D eigenvalue weighted by atomic mass is 32.1. The molecule has 1 heterocycles. The average molecular weight is 413 g/mol. The molecular formula is C20H19N3O5S. The Morgan fingerprint density at radius 2 is 1.83 bits per heavy atom. The fraction of sp³-hybridized carbons (Fsp3) is 0.200. The smallest absolute Gasteiger partial charge is 0.286 e. The van der Waals surface area contributed by atoms with E-state index in [9.17, 15) is 14.9 Å². The third-order valence-electron chi connectivity index (χ3n) is 4.27. The Hall–Kier alpha value is -3.46. The first-order chi connectivity index (χ1) is 13.9. The monoisotopic (exact) mass is 413 g/mol. The Morgan fingerprint density at radius 3 is 2.45 bits per heavy atom. The fourth-order valence-corrected chi connectivity index (χ4v) is 3.76. The van der Waals surface area contributed by atoms with Crippen molar-refractivity contribution < 1.29 is 19.2 Å². The second-order valence-corrected chi connectivity index (χ2v) is 7.14. The molecule has 0 saturated carbocycles. The second kappa shape index (κ2) is 8.70. The van der Waals surface area contributed by atoms with Crippen LogP contribution in [0.4, 0.5) is 5.69 Å². The van der Waals surface area contributed by atoms with E-state index in [-0.39, 0.29) is 29.3 Å². The second-order valence-electron chi connectivity index (χ2n) is 6.06. The maximum atomic E-state index is 12.7. The summed E-state index contributed by atoms with van der Waals surface area (Å²) in [6.07, 6.45) is 0. The van der Waals surface area contributed by atoms with E-state index in [2.05, 4.69) is 10.3 Å². The molecule has 1 amide bonds. The number of nitro benzene ring substituents is 1. The number of carbonyl (C=O) groups excluding carboxylic acids is 1. The SMILES string of the molecule is COc1cc(C(=O)NCc2sc(-c3ccccc3)nc2C)c([N+](=O)[O-])cc1OC. The Kier molecular flexibility index (Phi) is 6.08.